The molecule has 0 aliphatic heterocycles. The zero-order valence-corrected chi connectivity index (χ0v) is 25.6. The van der Waals surface area contributed by atoms with Crippen LogP contribution in [0.4, 0.5) is 17.2 Å². The van der Waals surface area contributed by atoms with Crippen LogP contribution in [0.15, 0.2) is 110 Å². The van der Waals surface area contributed by atoms with Gasteiger partial charge in [-0.2, -0.15) is 11.2 Å². The number of fused-ring (bicyclic) bond motifs is 6. The molecule has 0 unspecified atom stereocenters. The number of aromatic nitrogens is 4. The Morgan fingerprint density at radius 3 is 2.31 bits per heavy atom. The summed E-state index contributed by atoms with van der Waals surface area (Å²) < 4.78 is 8.18. The van der Waals surface area contributed by atoms with E-state index in [-0.39, 0.29) is 26.5 Å². The van der Waals surface area contributed by atoms with E-state index < -0.39 is 0 Å². The second-order valence-electron chi connectivity index (χ2n) is 10.9. The summed E-state index contributed by atoms with van der Waals surface area (Å²) >= 11 is 0. The van der Waals surface area contributed by atoms with E-state index in [0.717, 1.165) is 44.5 Å². The van der Waals surface area contributed by atoms with Crippen molar-refractivity contribution >= 4 is 44.5 Å². The fourth-order valence-corrected chi connectivity index (χ4v) is 5.15. The summed E-state index contributed by atoms with van der Waals surface area (Å²) in [6.45, 7) is 6.65. The Morgan fingerprint density at radius 2 is 1.52 bits per heavy atom. The molecule has 0 atom stereocenters. The molecule has 0 fully saturated rings. The third kappa shape index (κ3) is 5.03. The van der Waals surface area contributed by atoms with Gasteiger partial charge >= 0.3 is 21.1 Å². The molecule has 6 nitrogen and oxygen atoms in total. The standard InChI is InChI=1S/C35H27N5O.Pt/c1-35(2,3)24-14-16-25(17-15-24)39(33-13-6-7-20-36-33)26-9-8-10-27(21-26)41-28-18-19-29-30-11-4-5-12-32(30)40-34(31(29)22-28)37-23-38-40;/h4-20,23H,1-3H3;/q-2;+2. The first-order valence-corrected chi connectivity index (χ1v) is 13.5. The van der Waals surface area contributed by atoms with E-state index in [1.165, 1.54) is 5.56 Å². The molecule has 208 valence electrons. The zero-order valence-electron chi connectivity index (χ0n) is 23.4. The van der Waals surface area contributed by atoms with Crippen LogP contribution in [0.1, 0.15) is 26.3 Å². The molecule has 0 spiro atoms. The number of hydrogen-bond acceptors (Lipinski definition) is 5. The maximum Gasteiger partial charge on any atom is 2.00 e. The Labute approximate surface area is 258 Å². The Bertz CT molecular complexity index is 2010. The summed E-state index contributed by atoms with van der Waals surface area (Å²) in [7, 11) is 0. The van der Waals surface area contributed by atoms with Crippen LogP contribution in [0, 0.1) is 12.1 Å². The van der Waals surface area contributed by atoms with Gasteiger partial charge in [-0.1, -0.05) is 79.7 Å². The summed E-state index contributed by atoms with van der Waals surface area (Å²) in [6, 6.07) is 39.4. The number of ether oxygens (including phenoxy) is 1. The fraction of sp³-hybridized carbons (Fsp3) is 0.114. The van der Waals surface area contributed by atoms with Crippen molar-refractivity contribution in [2.24, 2.45) is 0 Å². The molecule has 0 saturated carbocycles. The molecule has 0 aliphatic carbocycles. The van der Waals surface area contributed by atoms with Crippen molar-refractivity contribution in [1.29, 1.82) is 0 Å². The maximum absolute atomic E-state index is 6.33. The molecule has 0 saturated heterocycles. The minimum absolute atomic E-state index is 0. The molecule has 7 aromatic rings. The van der Waals surface area contributed by atoms with Crippen LogP contribution in [-0.4, -0.2) is 19.6 Å². The predicted octanol–water partition coefficient (Wildman–Crippen LogP) is 8.59. The number of anilines is 3. The Hall–Kier alpha value is -4.54. The summed E-state index contributed by atoms with van der Waals surface area (Å²) in [5.41, 5.74) is 4.88. The SMILES string of the molecule is CC(C)(C)c1ccc(N(c2[c-]c(Oc3[c-]c4c(cc3)c3ccccc3n3ncnc43)ccc2)c2ccccn2)cc1.[Pt+2]. The van der Waals surface area contributed by atoms with E-state index in [9.17, 15) is 0 Å². The van der Waals surface area contributed by atoms with Crippen LogP contribution in [0.2, 0.25) is 0 Å². The monoisotopic (exact) mass is 728 g/mol. The minimum atomic E-state index is 0. The van der Waals surface area contributed by atoms with Crippen molar-refractivity contribution in [3.05, 3.63) is 127 Å². The number of hydrogen-bond donors (Lipinski definition) is 0. The van der Waals surface area contributed by atoms with Gasteiger partial charge in [0.15, 0.2) is 0 Å². The van der Waals surface area contributed by atoms with Crippen LogP contribution in [0.3, 0.4) is 0 Å². The Kier molecular flexibility index (Phi) is 7.26. The topological polar surface area (TPSA) is 55.6 Å². The van der Waals surface area contributed by atoms with Crippen LogP contribution >= 0.6 is 0 Å². The molecule has 0 bridgehead atoms. The summed E-state index contributed by atoms with van der Waals surface area (Å²) in [6.07, 6.45) is 3.37. The first-order valence-electron chi connectivity index (χ1n) is 13.5. The molecule has 4 aromatic carbocycles. The second kappa shape index (κ2) is 11.0. The largest absolute Gasteiger partial charge is 2.00 e. The smallest absolute Gasteiger partial charge is 0.503 e. The van der Waals surface area contributed by atoms with E-state index >= 15 is 0 Å². The zero-order chi connectivity index (χ0) is 28.0. The molecule has 3 heterocycles. The van der Waals surface area contributed by atoms with Gasteiger partial charge in [0.1, 0.15) is 12.1 Å². The van der Waals surface area contributed by atoms with Crippen LogP contribution in [0.25, 0.3) is 27.3 Å². The fourth-order valence-electron chi connectivity index (χ4n) is 5.15. The molecule has 0 amide bonds. The van der Waals surface area contributed by atoms with Gasteiger partial charge in [0.05, 0.1) is 11.2 Å². The first-order chi connectivity index (χ1) is 20.0. The van der Waals surface area contributed by atoms with Crippen LogP contribution in [-0.2, 0) is 26.5 Å². The normalized spacial score (nSPS) is 11.5. The van der Waals surface area contributed by atoms with E-state index in [0.29, 0.717) is 11.5 Å². The van der Waals surface area contributed by atoms with E-state index in [2.05, 4.69) is 89.3 Å². The van der Waals surface area contributed by atoms with Gasteiger partial charge in [0.2, 0.25) is 0 Å². The van der Waals surface area contributed by atoms with Crippen LogP contribution in [0.5, 0.6) is 11.5 Å². The van der Waals surface area contributed by atoms with Crippen molar-refractivity contribution in [3.63, 3.8) is 0 Å². The second-order valence-corrected chi connectivity index (χ2v) is 10.9. The number of rotatable bonds is 5. The Morgan fingerprint density at radius 1 is 0.738 bits per heavy atom. The predicted molar refractivity (Wildman–Crippen MR) is 163 cm³/mol. The van der Waals surface area contributed by atoms with Crippen molar-refractivity contribution in [1.82, 2.24) is 19.6 Å². The average molecular weight is 729 g/mol. The molecule has 0 N–H and O–H groups in total. The van der Waals surface area contributed by atoms with Crippen molar-refractivity contribution in [2.75, 3.05) is 4.90 Å². The molecule has 7 heteroatoms. The molecule has 7 rings (SSSR count). The number of nitrogens with zero attached hydrogens (tertiary/aromatic N) is 5. The van der Waals surface area contributed by atoms with Crippen molar-refractivity contribution < 1.29 is 25.8 Å². The van der Waals surface area contributed by atoms with Crippen molar-refractivity contribution in [2.45, 2.75) is 26.2 Å². The summed E-state index contributed by atoms with van der Waals surface area (Å²) in [5, 5.41) is 7.43. The molecular formula is C35H27N5OPt. The maximum atomic E-state index is 6.33. The third-order valence-electron chi connectivity index (χ3n) is 7.20. The summed E-state index contributed by atoms with van der Waals surface area (Å²) in [5.74, 6) is 1.94. The molecule has 42 heavy (non-hydrogen) atoms. The number of para-hydroxylation sites is 1. The molecule has 0 radical (unpaired) electrons. The van der Waals surface area contributed by atoms with Gasteiger partial charge < -0.3 is 9.64 Å². The van der Waals surface area contributed by atoms with Gasteiger partial charge in [-0.05, 0) is 46.7 Å². The van der Waals surface area contributed by atoms with E-state index in [1.807, 2.05) is 65.2 Å². The molecule has 0 aliphatic rings. The quantitative estimate of drug-likeness (QED) is 0.131. The minimum Gasteiger partial charge on any atom is -0.503 e. The third-order valence-corrected chi connectivity index (χ3v) is 7.20. The molecular weight excluding hydrogens is 701 g/mol. The van der Waals surface area contributed by atoms with Crippen molar-refractivity contribution in [3.8, 4) is 11.5 Å². The first kappa shape index (κ1) is 27.6. The number of benzene rings is 4. The van der Waals surface area contributed by atoms with Gasteiger partial charge in [0, 0.05) is 23.4 Å². The van der Waals surface area contributed by atoms with Crippen LogP contribution < -0.4 is 9.64 Å². The average Bonchev–Trinajstić information content (AvgIpc) is 3.49. The van der Waals surface area contributed by atoms with Gasteiger partial charge in [-0.25, -0.2) is 4.98 Å². The summed E-state index contributed by atoms with van der Waals surface area (Å²) in [4.78, 5) is 11.2. The number of pyridine rings is 2. The van der Waals surface area contributed by atoms with Gasteiger partial charge in [-0.15, -0.1) is 30.3 Å². The molecule has 3 aromatic heterocycles. The van der Waals surface area contributed by atoms with E-state index in [4.69, 9.17) is 4.74 Å². The van der Waals surface area contributed by atoms with E-state index in [1.54, 1.807) is 12.5 Å². The van der Waals surface area contributed by atoms with Gasteiger partial charge in [-0.3, -0.25) is 9.50 Å². The van der Waals surface area contributed by atoms with Gasteiger partial charge in [0.25, 0.3) is 0 Å². The Balaban J connectivity index is 0.00000316.